The lowest BCUT2D eigenvalue weighted by Crippen LogP contribution is -2.44. The molecule has 4 rings (SSSR count). The number of anilines is 3. The Balaban J connectivity index is 1.45. The summed E-state index contributed by atoms with van der Waals surface area (Å²) in [7, 11) is 2.11. The average Bonchev–Trinajstić information content (AvgIpc) is 3.30. The smallest absolute Gasteiger partial charge is 0.265 e. The molecule has 8 heteroatoms. The standard InChI is InChI=1S/C23H23ClN4O2S/c1-27-10-12-28(13-11-27)20-9-6-17(24)15-19(20)26-22(29)16-4-7-18(8-5-16)25-23(30)21-3-2-14-31-21/h2-9,14-15H,10-13H2,1H3,(H,25,30)(H,26,29). The molecular formula is C23H23ClN4O2S. The third-order valence-electron chi connectivity index (χ3n) is 5.20. The molecule has 1 aliphatic heterocycles. The molecule has 0 spiro atoms. The number of nitrogens with zero attached hydrogens (tertiary/aromatic N) is 2. The van der Waals surface area contributed by atoms with Crippen molar-refractivity contribution < 1.29 is 9.59 Å². The number of benzene rings is 2. The summed E-state index contributed by atoms with van der Waals surface area (Å²) in [5.41, 5.74) is 2.79. The van der Waals surface area contributed by atoms with E-state index in [1.165, 1.54) is 11.3 Å². The third kappa shape index (κ3) is 5.25. The van der Waals surface area contributed by atoms with Crippen molar-refractivity contribution in [3.8, 4) is 0 Å². The number of hydrogen-bond donors (Lipinski definition) is 2. The van der Waals surface area contributed by atoms with Crippen molar-refractivity contribution in [1.29, 1.82) is 0 Å². The Morgan fingerprint density at radius 2 is 1.68 bits per heavy atom. The van der Waals surface area contributed by atoms with Crippen molar-refractivity contribution in [3.63, 3.8) is 0 Å². The molecule has 0 bridgehead atoms. The first-order valence-electron chi connectivity index (χ1n) is 9.99. The Morgan fingerprint density at radius 1 is 0.935 bits per heavy atom. The molecule has 1 fully saturated rings. The van der Waals surface area contributed by atoms with Crippen molar-refractivity contribution in [2.24, 2.45) is 0 Å². The van der Waals surface area contributed by atoms with Crippen LogP contribution in [0.2, 0.25) is 5.02 Å². The van der Waals surface area contributed by atoms with Gasteiger partial charge in [-0.05, 0) is 61.0 Å². The van der Waals surface area contributed by atoms with Gasteiger partial charge in [-0.3, -0.25) is 9.59 Å². The molecule has 2 N–H and O–H groups in total. The van der Waals surface area contributed by atoms with E-state index in [0.29, 0.717) is 26.8 Å². The van der Waals surface area contributed by atoms with Crippen LogP contribution >= 0.6 is 22.9 Å². The fourth-order valence-corrected chi connectivity index (χ4v) is 4.22. The summed E-state index contributed by atoms with van der Waals surface area (Å²) < 4.78 is 0. The molecule has 160 valence electrons. The molecule has 0 radical (unpaired) electrons. The van der Waals surface area contributed by atoms with Gasteiger partial charge < -0.3 is 20.4 Å². The van der Waals surface area contributed by atoms with Crippen LogP contribution in [0.25, 0.3) is 0 Å². The molecule has 2 aromatic carbocycles. The van der Waals surface area contributed by atoms with Gasteiger partial charge in [-0.25, -0.2) is 0 Å². The Labute approximate surface area is 190 Å². The number of hydrogen-bond acceptors (Lipinski definition) is 5. The number of nitrogens with one attached hydrogen (secondary N) is 2. The zero-order valence-corrected chi connectivity index (χ0v) is 18.7. The Morgan fingerprint density at radius 3 is 2.35 bits per heavy atom. The minimum atomic E-state index is -0.228. The quantitative estimate of drug-likeness (QED) is 0.588. The number of likely N-dealkylation sites (N-methyl/N-ethyl adjacent to an activating group) is 1. The predicted molar refractivity (Wildman–Crippen MR) is 128 cm³/mol. The molecule has 0 unspecified atom stereocenters. The van der Waals surface area contributed by atoms with Crippen LogP contribution < -0.4 is 15.5 Å². The van der Waals surface area contributed by atoms with Crippen LogP contribution in [0.1, 0.15) is 20.0 Å². The van der Waals surface area contributed by atoms with Crippen LogP contribution in [0, 0.1) is 0 Å². The molecule has 2 amide bonds. The summed E-state index contributed by atoms with van der Waals surface area (Å²) in [6, 6.07) is 16.0. The largest absolute Gasteiger partial charge is 0.367 e. The van der Waals surface area contributed by atoms with Gasteiger partial charge in [0.2, 0.25) is 0 Å². The maximum absolute atomic E-state index is 12.9. The molecule has 0 atom stereocenters. The number of thiophene rings is 1. The second-order valence-corrected chi connectivity index (χ2v) is 8.80. The molecule has 2 heterocycles. The topological polar surface area (TPSA) is 64.7 Å². The highest BCUT2D eigenvalue weighted by Gasteiger charge is 2.19. The molecular weight excluding hydrogens is 432 g/mol. The van der Waals surface area contributed by atoms with E-state index >= 15 is 0 Å². The summed E-state index contributed by atoms with van der Waals surface area (Å²) in [5, 5.41) is 8.25. The second-order valence-electron chi connectivity index (χ2n) is 7.41. The first-order valence-corrected chi connectivity index (χ1v) is 11.2. The minimum absolute atomic E-state index is 0.164. The molecule has 6 nitrogen and oxygen atoms in total. The molecule has 3 aromatic rings. The van der Waals surface area contributed by atoms with Crippen molar-refractivity contribution in [3.05, 3.63) is 75.4 Å². The normalized spacial score (nSPS) is 14.3. The van der Waals surface area contributed by atoms with E-state index in [1.807, 2.05) is 23.6 Å². The van der Waals surface area contributed by atoms with Gasteiger partial charge >= 0.3 is 0 Å². The molecule has 31 heavy (non-hydrogen) atoms. The van der Waals surface area contributed by atoms with Crippen LogP contribution in [0.4, 0.5) is 17.1 Å². The molecule has 0 aliphatic carbocycles. The minimum Gasteiger partial charge on any atom is -0.367 e. The molecule has 1 aliphatic rings. The SMILES string of the molecule is CN1CCN(c2ccc(Cl)cc2NC(=O)c2ccc(NC(=O)c3cccs3)cc2)CC1. The van der Waals surface area contributed by atoms with E-state index in [0.717, 1.165) is 31.9 Å². The molecule has 1 saturated heterocycles. The third-order valence-corrected chi connectivity index (χ3v) is 6.30. The Hall–Kier alpha value is -2.87. The highest BCUT2D eigenvalue weighted by atomic mass is 35.5. The number of carbonyl (C=O) groups is 2. The zero-order chi connectivity index (χ0) is 21.8. The van der Waals surface area contributed by atoms with E-state index in [4.69, 9.17) is 11.6 Å². The highest BCUT2D eigenvalue weighted by molar-refractivity contribution is 7.12. The lowest BCUT2D eigenvalue weighted by Gasteiger charge is -2.35. The fraction of sp³-hybridized carbons (Fsp3) is 0.217. The van der Waals surface area contributed by atoms with Crippen molar-refractivity contribution in [1.82, 2.24) is 4.90 Å². The van der Waals surface area contributed by atoms with Crippen LogP contribution in [-0.2, 0) is 0 Å². The number of piperazine rings is 1. The summed E-state index contributed by atoms with van der Waals surface area (Å²) in [4.78, 5) is 30.2. The predicted octanol–water partition coefficient (Wildman–Crippen LogP) is 4.66. The van der Waals surface area contributed by atoms with Crippen molar-refractivity contribution in [2.45, 2.75) is 0 Å². The Bertz CT molecular complexity index is 1060. The second kappa shape index (κ2) is 9.51. The number of amides is 2. The average molecular weight is 455 g/mol. The first kappa shape index (κ1) is 21.4. The van der Waals surface area contributed by atoms with E-state index in [9.17, 15) is 9.59 Å². The van der Waals surface area contributed by atoms with E-state index in [-0.39, 0.29) is 11.8 Å². The lowest BCUT2D eigenvalue weighted by molar-refractivity contribution is 0.102. The van der Waals surface area contributed by atoms with Crippen molar-refractivity contribution in [2.75, 3.05) is 48.8 Å². The van der Waals surface area contributed by atoms with Gasteiger partial charge in [0, 0.05) is 42.5 Å². The maximum atomic E-state index is 12.9. The van der Waals surface area contributed by atoms with Gasteiger partial charge in [0.15, 0.2) is 0 Å². The highest BCUT2D eigenvalue weighted by Crippen LogP contribution is 2.30. The van der Waals surface area contributed by atoms with E-state index in [2.05, 4.69) is 27.5 Å². The molecule has 1 aromatic heterocycles. The Kier molecular flexibility index (Phi) is 6.56. The van der Waals surface area contributed by atoms with Crippen LogP contribution in [0.15, 0.2) is 60.0 Å². The summed E-state index contributed by atoms with van der Waals surface area (Å²) in [6.07, 6.45) is 0. The molecule has 0 saturated carbocycles. The monoisotopic (exact) mass is 454 g/mol. The summed E-state index contributed by atoms with van der Waals surface area (Å²) in [6.45, 7) is 3.71. The summed E-state index contributed by atoms with van der Waals surface area (Å²) in [5.74, 6) is -0.392. The zero-order valence-electron chi connectivity index (χ0n) is 17.1. The van der Waals surface area contributed by atoms with Crippen LogP contribution in [0.5, 0.6) is 0 Å². The van der Waals surface area contributed by atoms with Gasteiger partial charge in [-0.2, -0.15) is 0 Å². The van der Waals surface area contributed by atoms with Gasteiger partial charge in [0.05, 0.1) is 16.3 Å². The fourth-order valence-electron chi connectivity index (χ4n) is 3.43. The number of halogens is 1. The van der Waals surface area contributed by atoms with Gasteiger partial charge in [-0.15, -0.1) is 11.3 Å². The number of carbonyl (C=O) groups excluding carboxylic acids is 2. The van der Waals surface area contributed by atoms with Gasteiger partial charge in [-0.1, -0.05) is 17.7 Å². The van der Waals surface area contributed by atoms with Gasteiger partial charge in [0.1, 0.15) is 0 Å². The van der Waals surface area contributed by atoms with E-state index < -0.39 is 0 Å². The van der Waals surface area contributed by atoms with Crippen LogP contribution in [-0.4, -0.2) is 49.9 Å². The first-order chi connectivity index (χ1) is 15.0. The summed E-state index contributed by atoms with van der Waals surface area (Å²) >= 11 is 7.58. The van der Waals surface area contributed by atoms with Crippen molar-refractivity contribution >= 4 is 51.8 Å². The lowest BCUT2D eigenvalue weighted by atomic mass is 10.1. The maximum Gasteiger partial charge on any atom is 0.265 e. The van der Waals surface area contributed by atoms with Gasteiger partial charge in [0.25, 0.3) is 11.8 Å². The number of rotatable bonds is 5. The van der Waals surface area contributed by atoms with E-state index in [1.54, 1.807) is 36.4 Å². The van der Waals surface area contributed by atoms with Crippen LogP contribution in [0.3, 0.4) is 0 Å².